The normalized spacial score (nSPS) is 62.8. The van der Waals surface area contributed by atoms with Crippen molar-refractivity contribution in [3.63, 3.8) is 0 Å². The maximum Gasteiger partial charge on any atom is 0.0875 e. The number of hydrogen-bond acceptors (Lipinski definition) is 2. The first kappa shape index (κ1) is 8.12. The van der Waals surface area contributed by atoms with Gasteiger partial charge in [-0.1, -0.05) is 0 Å². The molecule has 0 spiro atoms. The molecule has 0 aromatic rings. The van der Waals surface area contributed by atoms with Crippen molar-refractivity contribution in [2.24, 2.45) is 23.7 Å². The van der Waals surface area contributed by atoms with Crippen molar-refractivity contribution in [2.45, 2.75) is 37.6 Å². The van der Waals surface area contributed by atoms with Gasteiger partial charge in [0, 0.05) is 6.61 Å². The molecular weight excluding hydrogens is 176 g/mol. The smallest absolute Gasteiger partial charge is 0.0875 e. The van der Waals surface area contributed by atoms with Crippen LogP contribution in [0.15, 0.2) is 0 Å². The van der Waals surface area contributed by atoms with Crippen molar-refractivity contribution in [3.8, 4) is 0 Å². The second-order valence-electron chi connectivity index (χ2n) is 5.42. The minimum Gasteiger partial charge on any atom is -0.378 e. The highest BCUT2D eigenvalue weighted by molar-refractivity contribution is 5.14. The minimum atomic E-state index is 0.538. The molecule has 2 nitrogen and oxygen atoms in total. The highest BCUT2D eigenvalue weighted by Gasteiger charge is 2.66. The molecule has 7 unspecified atom stereocenters. The Hall–Kier alpha value is -0.0800. The van der Waals surface area contributed by atoms with Crippen molar-refractivity contribution in [1.29, 1.82) is 0 Å². The van der Waals surface area contributed by atoms with E-state index < -0.39 is 0 Å². The fourth-order valence-corrected chi connectivity index (χ4v) is 4.61. The minimum absolute atomic E-state index is 0.538. The lowest BCUT2D eigenvalue weighted by Crippen LogP contribution is -2.33. The molecule has 0 aromatic carbocycles. The predicted octanol–water partition coefficient (Wildman–Crippen LogP) is 1.65. The van der Waals surface area contributed by atoms with Crippen molar-refractivity contribution < 1.29 is 9.47 Å². The van der Waals surface area contributed by atoms with E-state index in [1.54, 1.807) is 0 Å². The largest absolute Gasteiger partial charge is 0.378 e. The Labute approximate surface area is 85.0 Å². The summed E-state index contributed by atoms with van der Waals surface area (Å²) in [6.07, 6.45) is 5.87. The first-order chi connectivity index (χ1) is 6.88. The van der Waals surface area contributed by atoms with Gasteiger partial charge in [-0.3, -0.25) is 0 Å². The van der Waals surface area contributed by atoms with Gasteiger partial charge in [-0.2, -0.15) is 0 Å². The van der Waals surface area contributed by atoms with Crippen LogP contribution in [0.1, 0.15) is 19.3 Å². The Kier molecular flexibility index (Phi) is 1.47. The van der Waals surface area contributed by atoms with Crippen molar-refractivity contribution in [1.82, 2.24) is 0 Å². The molecule has 1 radical (unpaired) electrons. The summed E-state index contributed by atoms with van der Waals surface area (Å²) in [4.78, 5) is 0. The molecule has 4 fully saturated rings. The molecule has 7 atom stereocenters. The topological polar surface area (TPSA) is 21.8 Å². The molecule has 4 rings (SSSR count). The Bertz CT molecular complexity index is 265. The van der Waals surface area contributed by atoms with E-state index in [9.17, 15) is 0 Å². The van der Waals surface area contributed by atoms with E-state index in [-0.39, 0.29) is 0 Å². The van der Waals surface area contributed by atoms with Gasteiger partial charge in [0.05, 0.1) is 18.3 Å². The van der Waals surface area contributed by atoms with Crippen LogP contribution in [0.4, 0.5) is 0 Å². The number of epoxide rings is 1. The Morgan fingerprint density at radius 3 is 3.00 bits per heavy atom. The van der Waals surface area contributed by atoms with Gasteiger partial charge >= 0.3 is 0 Å². The van der Waals surface area contributed by atoms with Gasteiger partial charge < -0.3 is 9.47 Å². The molecule has 3 aliphatic carbocycles. The lowest BCUT2D eigenvalue weighted by atomic mass is 9.79. The zero-order chi connectivity index (χ0) is 9.28. The van der Waals surface area contributed by atoms with E-state index in [2.05, 4.69) is 6.92 Å². The van der Waals surface area contributed by atoms with Gasteiger partial charge in [-0.05, 0) is 49.9 Å². The van der Waals surface area contributed by atoms with Crippen LogP contribution in [-0.4, -0.2) is 24.9 Å². The summed E-state index contributed by atoms with van der Waals surface area (Å²) in [5, 5.41) is 0. The molecule has 0 aromatic heterocycles. The highest BCUT2D eigenvalue weighted by Crippen LogP contribution is 2.64. The van der Waals surface area contributed by atoms with Crippen LogP contribution in [0.2, 0.25) is 0 Å². The van der Waals surface area contributed by atoms with Crippen LogP contribution in [0.5, 0.6) is 0 Å². The second-order valence-corrected chi connectivity index (χ2v) is 5.42. The summed E-state index contributed by atoms with van der Waals surface area (Å²) >= 11 is 0. The lowest BCUT2D eigenvalue weighted by molar-refractivity contribution is -0.0103. The van der Waals surface area contributed by atoms with Gasteiger partial charge in [0.2, 0.25) is 0 Å². The third-order valence-electron chi connectivity index (χ3n) is 5.01. The van der Waals surface area contributed by atoms with Gasteiger partial charge in [-0.15, -0.1) is 0 Å². The molecule has 2 heteroatoms. The van der Waals surface area contributed by atoms with E-state index >= 15 is 0 Å². The monoisotopic (exact) mass is 193 g/mol. The summed E-state index contributed by atoms with van der Waals surface area (Å²) < 4.78 is 11.4. The average molecular weight is 193 g/mol. The van der Waals surface area contributed by atoms with Crippen molar-refractivity contribution in [2.75, 3.05) is 6.61 Å². The van der Waals surface area contributed by atoms with Crippen molar-refractivity contribution in [3.05, 3.63) is 6.92 Å². The molecule has 0 N–H and O–H groups in total. The zero-order valence-corrected chi connectivity index (χ0v) is 8.39. The summed E-state index contributed by atoms with van der Waals surface area (Å²) in [6.45, 7) is 4.44. The summed E-state index contributed by atoms with van der Waals surface area (Å²) in [5.41, 5.74) is 0. The van der Waals surface area contributed by atoms with E-state index in [1.807, 2.05) is 0 Å². The molecule has 1 aliphatic heterocycles. The number of rotatable bonds is 2. The Morgan fingerprint density at radius 2 is 2.14 bits per heavy atom. The summed E-state index contributed by atoms with van der Waals surface area (Å²) in [6, 6.07) is 0. The first-order valence-electron chi connectivity index (χ1n) is 5.95. The van der Waals surface area contributed by atoms with E-state index in [4.69, 9.17) is 9.47 Å². The van der Waals surface area contributed by atoms with Gasteiger partial charge in [0.25, 0.3) is 0 Å². The van der Waals surface area contributed by atoms with Crippen molar-refractivity contribution >= 4 is 0 Å². The third kappa shape index (κ3) is 0.849. The third-order valence-corrected chi connectivity index (χ3v) is 5.01. The Balaban J connectivity index is 1.57. The van der Waals surface area contributed by atoms with E-state index in [0.717, 1.165) is 23.7 Å². The molecule has 2 bridgehead atoms. The maximum absolute atomic E-state index is 5.74. The van der Waals surface area contributed by atoms with Crippen LogP contribution in [0.3, 0.4) is 0 Å². The van der Waals surface area contributed by atoms with Gasteiger partial charge in [0.15, 0.2) is 0 Å². The molecular formula is C12H17O2. The van der Waals surface area contributed by atoms with Crippen LogP contribution in [-0.2, 0) is 9.47 Å². The van der Waals surface area contributed by atoms with Gasteiger partial charge in [-0.25, -0.2) is 0 Å². The van der Waals surface area contributed by atoms with Crippen LogP contribution >= 0.6 is 0 Å². The van der Waals surface area contributed by atoms with E-state index in [0.29, 0.717) is 24.9 Å². The van der Waals surface area contributed by atoms with Crippen LogP contribution in [0.25, 0.3) is 0 Å². The van der Waals surface area contributed by atoms with Crippen LogP contribution in [0, 0.1) is 30.6 Å². The number of fused-ring (bicyclic) bond motifs is 7. The number of hydrogen-bond donors (Lipinski definition) is 0. The number of ether oxygens (including phenoxy) is 2. The standard InChI is InChI=1S/C12H17O2/c1-2-13-9-4-6-3-7(9)8-5-10-12(14-10)11(6)8/h6-12H,1-5H2. The quantitative estimate of drug-likeness (QED) is 0.622. The molecule has 1 saturated heterocycles. The molecule has 1 heterocycles. The molecule has 3 saturated carbocycles. The first-order valence-corrected chi connectivity index (χ1v) is 5.95. The average Bonchev–Trinajstić information content (AvgIpc) is 2.62. The fourth-order valence-electron chi connectivity index (χ4n) is 4.61. The van der Waals surface area contributed by atoms with E-state index in [1.165, 1.54) is 19.3 Å². The maximum atomic E-state index is 5.74. The highest BCUT2D eigenvalue weighted by atomic mass is 16.6. The molecule has 14 heavy (non-hydrogen) atoms. The van der Waals surface area contributed by atoms with Crippen LogP contribution < -0.4 is 0 Å². The molecule has 4 aliphatic rings. The molecule has 77 valence electrons. The Morgan fingerprint density at radius 1 is 1.21 bits per heavy atom. The summed E-state index contributed by atoms with van der Waals surface area (Å²) in [7, 11) is 0. The molecule has 0 amide bonds. The second kappa shape index (κ2) is 2.53. The predicted molar refractivity (Wildman–Crippen MR) is 51.6 cm³/mol. The lowest BCUT2D eigenvalue weighted by Gasteiger charge is -2.32. The SMILES string of the molecule is [CH2]COC1CC2CC1C1CC3OC3C21. The van der Waals surface area contributed by atoms with Gasteiger partial charge in [0.1, 0.15) is 0 Å². The zero-order valence-electron chi connectivity index (χ0n) is 8.39. The fraction of sp³-hybridized carbons (Fsp3) is 0.917. The summed E-state index contributed by atoms with van der Waals surface area (Å²) in [5.74, 6) is 3.62.